The van der Waals surface area contributed by atoms with Crippen LogP contribution in [-0.2, 0) is 14.7 Å². The molecule has 1 fully saturated rings. The van der Waals surface area contributed by atoms with Gasteiger partial charge in [-0.2, -0.15) is 0 Å². The van der Waals surface area contributed by atoms with Gasteiger partial charge in [-0.3, -0.25) is 0 Å². The van der Waals surface area contributed by atoms with Crippen molar-refractivity contribution < 1.29 is 13.7 Å². The summed E-state index contributed by atoms with van der Waals surface area (Å²) in [5.74, 6) is -0.273. The van der Waals surface area contributed by atoms with Crippen molar-refractivity contribution in [2.75, 3.05) is 0 Å². The van der Waals surface area contributed by atoms with Crippen LogP contribution in [-0.4, -0.2) is 18.3 Å². The van der Waals surface area contributed by atoms with E-state index in [-0.39, 0.29) is 11.2 Å². The molecule has 0 spiro atoms. The highest BCUT2D eigenvalue weighted by atomic mass is 35.5. The average molecular weight is 327 g/mol. The summed E-state index contributed by atoms with van der Waals surface area (Å²) in [7, 11) is -0.606. The molecule has 1 heterocycles. The van der Waals surface area contributed by atoms with E-state index in [9.17, 15) is 4.39 Å². The van der Waals surface area contributed by atoms with Gasteiger partial charge in [0.25, 0.3) is 0 Å². The van der Waals surface area contributed by atoms with Gasteiger partial charge < -0.3 is 9.31 Å². The lowest BCUT2D eigenvalue weighted by Crippen LogP contribution is -2.41. The Bertz CT molecular complexity index is 590. The number of benzene rings is 1. The van der Waals surface area contributed by atoms with Gasteiger partial charge in [0, 0.05) is 10.6 Å². The molecule has 2 nitrogen and oxygen atoms in total. The fourth-order valence-electron chi connectivity index (χ4n) is 2.64. The highest BCUT2D eigenvalue weighted by Gasteiger charge is 2.52. The zero-order chi connectivity index (χ0) is 17.1. The fraction of sp³-hybridized carbons (Fsp3) is 0.647. The highest BCUT2D eigenvalue weighted by Crippen LogP contribution is 2.38. The average Bonchev–Trinajstić information content (AvgIpc) is 2.51. The summed E-state index contributed by atoms with van der Waals surface area (Å²) >= 11 is 6.36. The molecule has 0 aromatic heterocycles. The van der Waals surface area contributed by atoms with Gasteiger partial charge in [-0.25, -0.2) is 4.39 Å². The SMILES string of the molecule is Cc1c(B2OC(C)(C)C(C)(C)O2)cc(Cl)c(C(C)(C)C)c1F. The van der Waals surface area contributed by atoms with Crippen molar-refractivity contribution in [1.29, 1.82) is 0 Å². The van der Waals surface area contributed by atoms with Crippen molar-refractivity contribution in [2.24, 2.45) is 0 Å². The number of hydrogen-bond donors (Lipinski definition) is 0. The molecule has 5 heteroatoms. The Labute approximate surface area is 138 Å². The highest BCUT2D eigenvalue weighted by molar-refractivity contribution is 6.63. The van der Waals surface area contributed by atoms with Crippen molar-refractivity contribution in [3.8, 4) is 0 Å². The molecule has 0 aliphatic carbocycles. The largest absolute Gasteiger partial charge is 0.495 e. The zero-order valence-corrected chi connectivity index (χ0v) is 15.5. The Balaban J connectivity index is 2.52. The molecule has 22 heavy (non-hydrogen) atoms. The van der Waals surface area contributed by atoms with Crippen molar-refractivity contribution in [1.82, 2.24) is 0 Å². The third-order valence-corrected chi connectivity index (χ3v) is 5.06. The Morgan fingerprint density at radius 1 is 1.09 bits per heavy atom. The third kappa shape index (κ3) is 2.81. The maximum atomic E-state index is 14.9. The van der Waals surface area contributed by atoms with Crippen LogP contribution in [0.15, 0.2) is 6.07 Å². The molecule has 1 aromatic carbocycles. The van der Waals surface area contributed by atoms with Gasteiger partial charge in [-0.1, -0.05) is 32.4 Å². The molecular formula is C17H25BClFO2. The molecule has 1 aliphatic heterocycles. The van der Waals surface area contributed by atoms with Crippen molar-refractivity contribution in [2.45, 2.75) is 72.0 Å². The first kappa shape index (κ1) is 17.8. The maximum Gasteiger partial charge on any atom is 0.495 e. The van der Waals surface area contributed by atoms with E-state index in [1.54, 1.807) is 13.0 Å². The van der Waals surface area contributed by atoms with Gasteiger partial charge >= 0.3 is 7.12 Å². The van der Waals surface area contributed by atoms with E-state index < -0.39 is 18.3 Å². The molecule has 0 atom stereocenters. The van der Waals surface area contributed by atoms with Crippen molar-refractivity contribution in [3.05, 3.63) is 28.0 Å². The van der Waals surface area contributed by atoms with Crippen LogP contribution in [0.4, 0.5) is 4.39 Å². The summed E-state index contributed by atoms with van der Waals surface area (Å²) in [4.78, 5) is 0. The molecule has 0 N–H and O–H groups in total. The summed E-state index contributed by atoms with van der Waals surface area (Å²) in [6.07, 6.45) is 0. The number of hydrogen-bond acceptors (Lipinski definition) is 2. The normalized spacial score (nSPS) is 20.5. The van der Waals surface area contributed by atoms with Crippen molar-refractivity contribution >= 4 is 24.2 Å². The van der Waals surface area contributed by atoms with Crippen LogP contribution in [0.3, 0.4) is 0 Å². The van der Waals surface area contributed by atoms with Gasteiger partial charge in [-0.05, 0) is 57.1 Å². The first-order valence-electron chi connectivity index (χ1n) is 7.62. The summed E-state index contributed by atoms with van der Waals surface area (Å²) in [6, 6.07) is 1.78. The Morgan fingerprint density at radius 2 is 1.55 bits per heavy atom. The minimum Gasteiger partial charge on any atom is -0.399 e. The molecule has 0 unspecified atom stereocenters. The molecule has 122 valence electrons. The van der Waals surface area contributed by atoms with Crippen LogP contribution in [0, 0.1) is 12.7 Å². The van der Waals surface area contributed by atoms with E-state index in [2.05, 4.69) is 0 Å². The molecule has 2 rings (SSSR count). The lowest BCUT2D eigenvalue weighted by atomic mass is 9.73. The number of halogens is 2. The second-order valence-electron chi connectivity index (χ2n) is 8.10. The van der Waals surface area contributed by atoms with E-state index in [4.69, 9.17) is 20.9 Å². The topological polar surface area (TPSA) is 18.5 Å². The summed E-state index contributed by atoms with van der Waals surface area (Å²) in [6.45, 7) is 15.5. The molecule has 0 amide bonds. The second kappa shape index (κ2) is 5.22. The monoisotopic (exact) mass is 326 g/mol. The molecule has 1 aliphatic rings. The van der Waals surface area contributed by atoms with Gasteiger partial charge in [-0.15, -0.1) is 0 Å². The lowest BCUT2D eigenvalue weighted by Gasteiger charge is -2.32. The minimum atomic E-state index is -0.606. The smallest absolute Gasteiger partial charge is 0.399 e. The fourth-order valence-corrected chi connectivity index (χ4v) is 3.12. The first-order valence-corrected chi connectivity index (χ1v) is 8.00. The predicted octanol–water partition coefficient (Wildman–Crippen LogP) is 4.38. The lowest BCUT2D eigenvalue weighted by molar-refractivity contribution is 0.00578. The Morgan fingerprint density at radius 3 is 1.95 bits per heavy atom. The van der Waals surface area contributed by atoms with Crippen LogP contribution in [0.1, 0.15) is 59.6 Å². The Kier molecular flexibility index (Phi) is 4.22. The third-order valence-electron chi connectivity index (χ3n) is 4.76. The predicted molar refractivity (Wildman–Crippen MR) is 90.6 cm³/mol. The van der Waals surface area contributed by atoms with Gasteiger partial charge in [0.15, 0.2) is 0 Å². The summed E-state index contributed by atoms with van der Waals surface area (Å²) < 4.78 is 26.9. The minimum absolute atomic E-state index is 0.273. The summed E-state index contributed by atoms with van der Waals surface area (Å²) in [5, 5.41) is 0.417. The van der Waals surface area contributed by atoms with E-state index in [1.807, 2.05) is 48.5 Å². The number of rotatable bonds is 1. The Hall–Kier alpha value is -0.575. The van der Waals surface area contributed by atoms with Gasteiger partial charge in [0.2, 0.25) is 0 Å². The van der Waals surface area contributed by atoms with Crippen LogP contribution in [0.5, 0.6) is 0 Å². The van der Waals surface area contributed by atoms with Crippen LogP contribution in [0.2, 0.25) is 5.02 Å². The van der Waals surface area contributed by atoms with Crippen molar-refractivity contribution in [3.63, 3.8) is 0 Å². The first-order chi connectivity index (χ1) is 9.78. The van der Waals surface area contributed by atoms with Crippen LogP contribution >= 0.6 is 11.6 Å². The molecule has 0 saturated carbocycles. The van der Waals surface area contributed by atoms with E-state index in [0.29, 0.717) is 21.6 Å². The van der Waals surface area contributed by atoms with E-state index in [1.165, 1.54) is 0 Å². The molecule has 0 bridgehead atoms. The molecular weight excluding hydrogens is 301 g/mol. The molecule has 0 radical (unpaired) electrons. The summed E-state index contributed by atoms with van der Waals surface area (Å²) in [5.41, 5.74) is 0.445. The van der Waals surface area contributed by atoms with E-state index in [0.717, 1.165) is 0 Å². The van der Waals surface area contributed by atoms with Crippen LogP contribution in [0.25, 0.3) is 0 Å². The molecule has 1 saturated heterocycles. The van der Waals surface area contributed by atoms with Gasteiger partial charge in [0.1, 0.15) is 5.82 Å². The zero-order valence-electron chi connectivity index (χ0n) is 14.7. The van der Waals surface area contributed by atoms with Crippen LogP contribution < -0.4 is 5.46 Å². The second-order valence-corrected chi connectivity index (χ2v) is 8.51. The van der Waals surface area contributed by atoms with Gasteiger partial charge in [0.05, 0.1) is 11.2 Å². The molecule has 1 aromatic rings. The maximum absolute atomic E-state index is 14.9. The van der Waals surface area contributed by atoms with E-state index >= 15 is 0 Å². The quantitative estimate of drug-likeness (QED) is 0.713. The standard InChI is InChI=1S/C17H25BClFO2/c1-10-11(18-21-16(5,6)17(7,8)22-18)9-12(19)13(14(10)20)15(2,3)4/h9H,1-8H3.